The molecule has 2 aromatic carbocycles. The molecule has 1 aromatic heterocycles. The predicted octanol–water partition coefficient (Wildman–Crippen LogP) is 4.10. The number of halogens is 1. The fourth-order valence-corrected chi connectivity index (χ4v) is 3.48. The lowest BCUT2D eigenvalue weighted by Gasteiger charge is -2.22. The number of methoxy groups -OCH3 is 1. The number of hydrogen-bond acceptors (Lipinski definition) is 5. The van der Waals surface area contributed by atoms with Crippen molar-refractivity contribution in [1.29, 1.82) is 0 Å². The zero-order valence-electron chi connectivity index (χ0n) is 14.2. The van der Waals surface area contributed by atoms with Crippen LogP contribution >= 0.6 is 11.6 Å². The molecule has 134 valence electrons. The molecule has 26 heavy (non-hydrogen) atoms. The van der Waals surface area contributed by atoms with Crippen LogP contribution < -0.4 is 15.0 Å². The number of ether oxygens (including phenoxy) is 1. The lowest BCUT2D eigenvalue weighted by atomic mass is 10.2. The zero-order valence-corrected chi connectivity index (χ0v) is 15.0. The number of nitrogens with one attached hydrogen (secondary N) is 1. The number of oxazole rings is 1. The Balaban J connectivity index is 1.54. The van der Waals surface area contributed by atoms with Crippen molar-refractivity contribution < 1.29 is 13.9 Å². The SMILES string of the molecule is COc1ccc(NC(=O)[C@H]2CCCN2c2nc3ccccc3o2)cc1Cl. The van der Waals surface area contributed by atoms with Crippen LogP contribution in [-0.2, 0) is 4.79 Å². The lowest BCUT2D eigenvalue weighted by Crippen LogP contribution is -2.39. The predicted molar refractivity (Wildman–Crippen MR) is 101 cm³/mol. The van der Waals surface area contributed by atoms with Gasteiger partial charge >= 0.3 is 0 Å². The van der Waals surface area contributed by atoms with Crippen LogP contribution in [0.25, 0.3) is 11.1 Å². The summed E-state index contributed by atoms with van der Waals surface area (Å²) in [5.41, 5.74) is 2.14. The largest absolute Gasteiger partial charge is 0.495 e. The Bertz CT molecular complexity index is 923. The van der Waals surface area contributed by atoms with Crippen LogP contribution in [0.1, 0.15) is 12.8 Å². The minimum Gasteiger partial charge on any atom is -0.495 e. The smallest absolute Gasteiger partial charge is 0.299 e. The van der Waals surface area contributed by atoms with Crippen molar-refractivity contribution in [3.63, 3.8) is 0 Å². The van der Waals surface area contributed by atoms with Gasteiger partial charge < -0.3 is 19.4 Å². The highest BCUT2D eigenvalue weighted by Crippen LogP contribution is 2.30. The fraction of sp³-hybridized carbons (Fsp3) is 0.263. The third kappa shape index (κ3) is 3.08. The van der Waals surface area contributed by atoms with E-state index in [-0.39, 0.29) is 11.9 Å². The fourth-order valence-electron chi connectivity index (χ4n) is 3.22. The number of para-hydroxylation sites is 2. The molecule has 0 saturated carbocycles. The summed E-state index contributed by atoms with van der Waals surface area (Å²) in [7, 11) is 1.55. The summed E-state index contributed by atoms with van der Waals surface area (Å²) in [5.74, 6) is 0.463. The minimum absolute atomic E-state index is 0.106. The summed E-state index contributed by atoms with van der Waals surface area (Å²) < 4.78 is 11.0. The van der Waals surface area contributed by atoms with E-state index in [1.165, 1.54) is 0 Å². The normalized spacial score (nSPS) is 16.8. The lowest BCUT2D eigenvalue weighted by molar-refractivity contribution is -0.117. The highest BCUT2D eigenvalue weighted by molar-refractivity contribution is 6.32. The van der Waals surface area contributed by atoms with Crippen LogP contribution in [0, 0.1) is 0 Å². The van der Waals surface area contributed by atoms with Crippen molar-refractivity contribution in [3.05, 3.63) is 47.5 Å². The molecule has 0 spiro atoms. The van der Waals surface area contributed by atoms with Gasteiger partial charge in [-0.3, -0.25) is 4.79 Å². The molecule has 1 amide bonds. The third-order valence-electron chi connectivity index (χ3n) is 4.50. The summed E-state index contributed by atoms with van der Waals surface area (Å²) in [6.07, 6.45) is 1.65. The van der Waals surface area contributed by atoms with Gasteiger partial charge in [-0.2, -0.15) is 4.98 Å². The van der Waals surface area contributed by atoms with Crippen LogP contribution in [0.2, 0.25) is 5.02 Å². The molecule has 1 saturated heterocycles. The summed E-state index contributed by atoms with van der Waals surface area (Å²) in [6, 6.07) is 12.9. The highest BCUT2D eigenvalue weighted by Gasteiger charge is 2.33. The van der Waals surface area contributed by atoms with E-state index in [1.807, 2.05) is 29.2 Å². The van der Waals surface area contributed by atoms with Gasteiger partial charge in [-0.1, -0.05) is 23.7 Å². The quantitative estimate of drug-likeness (QED) is 0.747. The van der Waals surface area contributed by atoms with Crippen LogP contribution in [0.15, 0.2) is 46.9 Å². The van der Waals surface area contributed by atoms with Gasteiger partial charge in [-0.05, 0) is 43.2 Å². The van der Waals surface area contributed by atoms with Crippen LogP contribution in [0.4, 0.5) is 11.7 Å². The number of aromatic nitrogens is 1. The molecule has 1 atom stereocenters. The second-order valence-corrected chi connectivity index (χ2v) is 6.56. The molecule has 7 heteroatoms. The Morgan fingerprint density at radius 2 is 2.19 bits per heavy atom. The van der Waals surface area contributed by atoms with Crippen LogP contribution in [-0.4, -0.2) is 30.6 Å². The summed E-state index contributed by atoms with van der Waals surface area (Å²) in [6.45, 7) is 0.730. The van der Waals surface area contributed by atoms with Crippen LogP contribution in [0.3, 0.4) is 0 Å². The number of carbonyl (C=O) groups excluding carboxylic acids is 1. The Morgan fingerprint density at radius 3 is 2.96 bits per heavy atom. The van der Waals surface area contributed by atoms with Gasteiger partial charge in [0.1, 0.15) is 17.3 Å². The standard InChI is InChI=1S/C19H18ClN3O3/c1-25-16-9-8-12(11-13(16)20)21-18(24)15-6-4-10-23(15)19-22-14-5-2-3-7-17(14)26-19/h2-3,5,7-9,11,15H,4,6,10H2,1H3,(H,21,24)/t15-/m1/s1. The number of fused-ring (bicyclic) bond motifs is 1. The summed E-state index contributed by atoms with van der Waals surface area (Å²) in [4.78, 5) is 19.2. The van der Waals surface area contributed by atoms with Gasteiger partial charge in [0.05, 0.1) is 12.1 Å². The average Bonchev–Trinajstić information content (AvgIpc) is 3.28. The first-order valence-corrected chi connectivity index (χ1v) is 8.80. The summed E-state index contributed by atoms with van der Waals surface area (Å²) in [5, 5.41) is 3.37. The topological polar surface area (TPSA) is 67.6 Å². The van der Waals surface area contributed by atoms with E-state index in [9.17, 15) is 4.79 Å². The molecule has 0 bridgehead atoms. The van der Waals surface area contributed by atoms with E-state index in [2.05, 4.69) is 10.3 Å². The summed E-state index contributed by atoms with van der Waals surface area (Å²) >= 11 is 6.13. The number of carbonyl (C=O) groups is 1. The molecular weight excluding hydrogens is 354 g/mol. The second-order valence-electron chi connectivity index (χ2n) is 6.15. The first-order chi connectivity index (χ1) is 12.7. The van der Waals surface area contributed by atoms with Crippen LogP contribution in [0.5, 0.6) is 5.75 Å². The maximum Gasteiger partial charge on any atom is 0.299 e. The number of rotatable bonds is 4. The van der Waals surface area contributed by atoms with Crippen molar-refractivity contribution in [3.8, 4) is 5.75 Å². The van der Waals surface area contributed by atoms with Gasteiger partial charge in [0.15, 0.2) is 5.58 Å². The Morgan fingerprint density at radius 1 is 1.35 bits per heavy atom. The van der Waals surface area contributed by atoms with E-state index < -0.39 is 0 Å². The maximum atomic E-state index is 12.8. The van der Waals surface area contributed by atoms with Gasteiger partial charge in [-0.25, -0.2) is 0 Å². The molecule has 1 aliphatic heterocycles. The first kappa shape index (κ1) is 16.7. The molecule has 1 fully saturated rings. The molecule has 0 aliphatic carbocycles. The van der Waals surface area contributed by atoms with Gasteiger partial charge in [0.25, 0.3) is 6.01 Å². The maximum absolute atomic E-state index is 12.8. The number of benzene rings is 2. The van der Waals surface area contributed by atoms with E-state index in [0.717, 1.165) is 30.5 Å². The highest BCUT2D eigenvalue weighted by atomic mass is 35.5. The third-order valence-corrected chi connectivity index (χ3v) is 4.80. The molecule has 1 N–H and O–H groups in total. The Kier molecular flexibility index (Phi) is 4.42. The molecular formula is C19H18ClN3O3. The number of hydrogen-bond donors (Lipinski definition) is 1. The average molecular weight is 372 g/mol. The number of nitrogens with zero attached hydrogens (tertiary/aromatic N) is 2. The van der Waals surface area contributed by atoms with E-state index in [1.54, 1.807) is 25.3 Å². The van der Waals surface area contributed by atoms with E-state index in [4.69, 9.17) is 20.8 Å². The van der Waals surface area contributed by atoms with Crippen molar-refractivity contribution >= 4 is 40.3 Å². The molecule has 2 heterocycles. The monoisotopic (exact) mass is 371 g/mol. The van der Waals surface area contributed by atoms with E-state index in [0.29, 0.717) is 22.5 Å². The zero-order chi connectivity index (χ0) is 18.1. The van der Waals surface area contributed by atoms with Gasteiger partial charge in [-0.15, -0.1) is 0 Å². The Hall–Kier alpha value is -2.73. The Labute approximate surface area is 155 Å². The van der Waals surface area contributed by atoms with Crippen molar-refractivity contribution in [2.24, 2.45) is 0 Å². The molecule has 0 radical (unpaired) electrons. The van der Waals surface area contributed by atoms with Gasteiger partial charge in [0, 0.05) is 12.2 Å². The first-order valence-electron chi connectivity index (χ1n) is 8.42. The molecule has 3 aromatic rings. The minimum atomic E-state index is -0.330. The molecule has 6 nitrogen and oxygen atoms in total. The second kappa shape index (κ2) is 6.88. The number of anilines is 2. The molecule has 4 rings (SSSR count). The van der Waals surface area contributed by atoms with Crippen molar-refractivity contribution in [1.82, 2.24) is 4.98 Å². The van der Waals surface area contributed by atoms with Crippen molar-refractivity contribution in [2.45, 2.75) is 18.9 Å². The molecule has 0 unspecified atom stereocenters. The van der Waals surface area contributed by atoms with E-state index >= 15 is 0 Å². The van der Waals surface area contributed by atoms with Gasteiger partial charge in [0.2, 0.25) is 5.91 Å². The number of amides is 1. The molecule has 1 aliphatic rings. The van der Waals surface area contributed by atoms with Crippen molar-refractivity contribution in [2.75, 3.05) is 23.9 Å².